The first-order chi connectivity index (χ1) is 13.1. The number of pyridine rings is 1. The van der Waals surface area contributed by atoms with Crippen molar-refractivity contribution >= 4 is 18.2 Å². The minimum atomic E-state index is 0. The van der Waals surface area contributed by atoms with Crippen LogP contribution in [0.25, 0.3) is 0 Å². The summed E-state index contributed by atoms with van der Waals surface area (Å²) in [5.41, 5.74) is 1.71. The van der Waals surface area contributed by atoms with Crippen molar-refractivity contribution in [2.24, 2.45) is 5.92 Å². The molecule has 7 heteroatoms. The normalized spacial score (nSPS) is 20.6. The number of nitrogens with zero attached hydrogens (tertiary/aromatic N) is 2. The lowest BCUT2D eigenvalue weighted by Crippen LogP contribution is -2.48. The van der Waals surface area contributed by atoms with Gasteiger partial charge in [0.2, 0.25) is 0 Å². The van der Waals surface area contributed by atoms with E-state index in [-0.39, 0.29) is 23.7 Å². The number of methoxy groups -OCH3 is 2. The molecule has 28 heavy (non-hydrogen) atoms. The van der Waals surface area contributed by atoms with Crippen molar-refractivity contribution in [1.82, 2.24) is 9.47 Å². The Morgan fingerprint density at radius 3 is 2.68 bits per heavy atom. The average Bonchev–Trinajstić information content (AvgIpc) is 2.68. The lowest BCUT2D eigenvalue weighted by atomic mass is 9.83. The van der Waals surface area contributed by atoms with Gasteiger partial charge in [0.25, 0.3) is 5.56 Å². The number of aromatic nitrogens is 1. The fourth-order valence-electron chi connectivity index (χ4n) is 4.44. The number of ether oxygens (including phenoxy) is 2. The Morgan fingerprint density at radius 1 is 1.11 bits per heavy atom. The summed E-state index contributed by atoms with van der Waals surface area (Å²) in [4.78, 5) is 27.3. The molecule has 2 aliphatic rings. The van der Waals surface area contributed by atoms with E-state index in [1.54, 1.807) is 38.5 Å². The number of rotatable bonds is 5. The summed E-state index contributed by atoms with van der Waals surface area (Å²) in [6.07, 6.45) is 1.08. The number of hydrogen-bond acceptors (Lipinski definition) is 5. The van der Waals surface area contributed by atoms with E-state index < -0.39 is 0 Å². The number of carbonyl (C=O) groups excluding carboxylic acids is 1. The van der Waals surface area contributed by atoms with Gasteiger partial charge in [0.15, 0.2) is 5.78 Å². The van der Waals surface area contributed by atoms with Crippen LogP contribution in [0.2, 0.25) is 0 Å². The summed E-state index contributed by atoms with van der Waals surface area (Å²) in [6.45, 7) is 2.69. The summed E-state index contributed by atoms with van der Waals surface area (Å²) in [5.74, 6) is 1.93. The molecule has 1 saturated heterocycles. The molecule has 0 spiro atoms. The molecular formula is C21H25ClN2O4. The van der Waals surface area contributed by atoms with E-state index in [4.69, 9.17) is 9.47 Å². The van der Waals surface area contributed by atoms with Crippen molar-refractivity contribution in [3.05, 3.63) is 58.0 Å². The molecule has 4 rings (SSSR count). The van der Waals surface area contributed by atoms with Crippen molar-refractivity contribution in [2.75, 3.05) is 33.9 Å². The van der Waals surface area contributed by atoms with Gasteiger partial charge in [-0.25, -0.2) is 0 Å². The molecule has 3 heterocycles. The average molecular weight is 405 g/mol. The van der Waals surface area contributed by atoms with Gasteiger partial charge in [0.1, 0.15) is 11.5 Å². The molecule has 1 aromatic carbocycles. The predicted octanol–water partition coefficient (Wildman–Crippen LogP) is 2.59. The molecule has 0 aliphatic carbocycles. The van der Waals surface area contributed by atoms with Gasteiger partial charge in [-0.15, -0.1) is 12.4 Å². The SMILES string of the molecule is COc1ccc(OC)c(C(=O)CN2C[C@@H]3C[C@@H](C2)c2cccc(=O)n2C3)c1.Cl. The van der Waals surface area contributed by atoms with Crippen molar-refractivity contribution in [1.29, 1.82) is 0 Å². The maximum atomic E-state index is 12.9. The van der Waals surface area contributed by atoms with Crippen LogP contribution in [-0.4, -0.2) is 49.1 Å². The lowest BCUT2D eigenvalue weighted by Gasteiger charge is -2.42. The Kier molecular flexibility index (Phi) is 6.10. The van der Waals surface area contributed by atoms with Crippen LogP contribution in [0, 0.1) is 5.92 Å². The van der Waals surface area contributed by atoms with Gasteiger partial charge in [-0.2, -0.15) is 0 Å². The third-order valence-electron chi connectivity index (χ3n) is 5.63. The zero-order chi connectivity index (χ0) is 19.0. The fraction of sp³-hybridized carbons (Fsp3) is 0.429. The first-order valence-electron chi connectivity index (χ1n) is 9.26. The molecule has 1 aromatic heterocycles. The van der Waals surface area contributed by atoms with Crippen LogP contribution in [0.3, 0.4) is 0 Å². The highest BCUT2D eigenvalue weighted by atomic mass is 35.5. The second-order valence-electron chi connectivity index (χ2n) is 7.38. The first kappa shape index (κ1) is 20.4. The quantitative estimate of drug-likeness (QED) is 0.717. The molecule has 1 fully saturated rings. The highest BCUT2D eigenvalue weighted by molar-refractivity contribution is 6.00. The largest absolute Gasteiger partial charge is 0.497 e. The van der Waals surface area contributed by atoms with E-state index in [2.05, 4.69) is 4.90 Å². The van der Waals surface area contributed by atoms with Crippen molar-refractivity contribution in [2.45, 2.75) is 18.9 Å². The Bertz CT molecular complexity index is 927. The van der Waals surface area contributed by atoms with Gasteiger partial charge < -0.3 is 14.0 Å². The van der Waals surface area contributed by atoms with Gasteiger partial charge in [-0.3, -0.25) is 14.5 Å². The molecule has 0 amide bonds. The zero-order valence-electron chi connectivity index (χ0n) is 16.1. The van der Waals surface area contributed by atoms with E-state index in [1.807, 2.05) is 16.7 Å². The number of Topliss-reactive ketones (excluding diaryl/α,β-unsaturated/α-hetero) is 1. The van der Waals surface area contributed by atoms with Crippen LogP contribution in [0.4, 0.5) is 0 Å². The van der Waals surface area contributed by atoms with Crippen LogP contribution < -0.4 is 15.0 Å². The van der Waals surface area contributed by atoms with Gasteiger partial charge in [0.05, 0.1) is 26.3 Å². The second kappa shape index (κ2) is 8.37. The molecule has 2 aliphatic heterocycles. The van der Waals surface area contributed by atoms with Crippen molar-refractivity contribution in [3.63, 3.8) is 0 Å². The smallest absolute Gasteiger partial charge is 0.250 e. The molecule has 6 nitrogen and oxygen atoms in total. The molecule has 0 N–H and O–H groups in total. The molecule has 0 saturated carbocycles. The molecule has 0 radical (unpaired) electrons. The van der Waals surface area contributed by atoms with Gasteiger partial charge >= 0.3 is 0 Å². The Labute approximate surface area is 170 Å². The minimum absolute atomic E-state index is 0. The Morgan fingerprint density at radius 2 is 1.93 bits per heavy atom. The van der Waals surface area contributed by atoms with E-state index in [0.717, 1.165) is 31.7 Å². The minimum Gasteiger partial charge on any atom is -0.497 e. The molecule has 2 bridgehead atoms. The summed E-state index contributed by atoms with van der Waals surface area (Å²) >= 11 is 0. The number of halogens is 1. The van der Waals surface area contributed by atoms with Crippen LogP contribution >= 0.6 is 12.4 Å². The topological polar surface area (TPSA) is 60.8 Å². The molecule has 2 atom stereocenters. The molecular weight excluding hydrogens is 380 g/mol. The van der Waals surface area contributed by atoms with E-state index in [0.29, 0.717) is 35.4 Å². The number of benzene rings is 1. The van der Waals surface area contributed by atoms with E-state index >= 15 is 0 Å². The standard InChI is InChI=1S/C21H24N2O4.ClH/c1-26-16-6-7-20(27-2)17(9-16)19(24)13-22-10-14-8-15(12-22)18-4-3-5-21(25)23(18)11-14;/h3-7,9,14-15H,8,10-13H2,1-2H3;1H/t14-,15-;/m0./s1. The van der Waals surface area contributed by atoms with Crippen LogP contribution in [0.1, 0.15) is 28.4 Å². The highest BCUT2D eigenvalue weighted by Crippen LogP contribution is 2.35. The number of fused-ring (bicyclic) bond motifs is 4. The summed E-state index contributed by atoms with van der Waals surface area (Å²) in [5, 5.41) is 0. The molecule has 0 unspecified atom stereocenters. The number of carbonyl (C=O) groups is 1. The van der Waals surface area contributed by atoms with Crippen molar-refractivity contribution < 1.29 is 14.3 Å². The third-order valence-corrected chi connectivity index (χ3v) is 5.63. The van der Waals surface area contributed by atoms with E-state index in [9.17, 15) is 9.59 Å². The highest BCUT2D eigenvalue weighted by Gasteiger charge is 2.35. The number of hydrogen-bond donors (Lipinski definition) is 0. The van der Waals surface area contributed by atoms with Gasteiger partial charge in [-0.1, -0.05) is 6.07 Å². The predicted molar refractivity (Wildman–Crippen MR) is 109 cm³/mol. The maximum absolute atomic E-state index is 12.9. The summed E-state index contributed by atoms with van der Waals surface area (Å²) in [7, 11) is 3.15. The first-order valence-corrected chi connectivity index (χ1v) is 9.26. The van der Waals surface area contributed by atoms with Gasteiger partial charge in [0, 0.05) is 37.3 Å². The Balaban J connectivity index is 0.00000225. The van der Waals surface area contributed by atoms with Crippen LogP contribution in [0.5, 0.6) is 11.5 Å². The monoisotopic (exact) mass is 404 g/mol. The molecule has 2 aromatic rings. The number of piperidine rings is 1. The maximum Gasteiger partial charge on any atom is 0.250 e. The van der Waals surface area contributed by atoms with E-state index in [1.165, 1.54) is 0 Å². The summed E-state index contributed by atoms with van der Waals surface area (Å²) in [6, 6.07) is 10.8. The van der Waals surface area contributed by atoms with Crippen LogP contribution in [-0.2, 0) is 6.54 Å². The van der Waals surface area contributed by atoms with Crippen LogP contribution in [0.15, 0.2) is 41.2 Å². The number of ketones is 1. The fourth-order valence-corrected chi connectivity index (χ4v) is 4.44. The zero-order valence-corrected chi connectivity index (χ0v) is 16.9. The molecule has 150 valence electrons. The number of likely N-dealkylation sites (tertiary alicyclic amines) is 1. The lowest BCUT2D eigenvalue weighted by molar-refractivity contribution is 0.0814. The summed E-state index contributed by atoms with van der Waals surface area (Å²) < 4.78 is 12.5. The second-order valence-corrected chi connectivity index (χ2v) is 7.38. The van der Waals surface area contributed by atoms with Gasteiger partial charge in [-0.05, 0) is 36.6 Å². The Hall–Kier alpha value is -2.31. The van der Waals surface area contributed by atoms with Crippen molar-refractivity contribution in [3.8, 4) is 11.5 Å². The third kappa shape index (κ3) is 3.80.